The van der Waals surface area contributed by atoms with Gasteiger partial charge >= 0.3 is 0 Å². The molecule has 0 spiro atoms. The molecule has 0 aromatic heterocycles. The number of anilines is 2. The predicted octanol–water partition coefficient (Wildman–Crippen LogP) is 2.33. The standard InChI is InChI=1S/C26H32N4O3/c1-28(2)22(20-9-11-21(33-3)12-10-20)17-27-23-24(26(32)25(23)31)30-15-13-29(14-16-30)18-19-7-5-4-6-8-19/h4-12,22,27H,13-18H2,1-3H3/t22-/m0/s1. The minimum atomic E-state index is -0.413. The number of likely N-dealkylation sites (N-methyl/N-ethyl adjacent to an activating group) is 1. The van der Waals surface area contributed by atoms with Crippen molar-refractivity contribution in [2.75, 3.05) is 64.1 Å². The van der Waals surface area contributed by atoms with Crippen LogP contribution < -0.4 is 25.8 Å². The largest absolute Gasteiger partial charge is 0.497 e. The van der Waals surface area contributed by atoms with Gasteiger partial charge in [0, 0.05) is 39.3 Å². The highest BCUT2D eigenvalue weighted by Crippen LogP contribution is 2.25. The number of rotatable bonds is 9. The molecule has 0 aliphatic carbocycles. The van der Waals surface area contributed by atoms with Crippen LogP contribution >= 0.6 is 0 Å². The number of nitrogens with one attached hydrogen (secondary N) is 1. The van der Waals surface area contributed by atoms with Gasteiger partial charge in [-0.15, -0.1) is 0 Å². The molecule has 0 radical (unpaired) electrons. The molecule has 1 aliphatic heterocycles. The summed E-state index contributed by atoms with van der Waals surface area (Å²) in [5.41, 5.74) is 2.62. The number of hydrogen-bond acceptors (Lipinski definition) is 7. The van der Waals surface area contributed by atoms with E-state index < -0.39 is 5.43 Å². The molecule has 1 atom stereocenters. The lowest BCUT2D eigenvalue weighted by molar-refractivity contribution is 0.249. The molecule has 0 unspecified atom stereocenters. The summed E-state index contributed by atoms with van der Waals surface area (Å²) in [6.45, 7) is 4.63. The maximum atomic E-state index is 12.4. The highest BCUT2D eigenvalue weighted by Gasteiger charge is 2.29. The van der Waals surface area contributed by atoms with Crippen molar-refractivity contribution < 1.29 is 4.74 Å². The lowest BCUT2D eigenvalue weighted by Gasteiger charge is -2.37. The number of piperazine rings is 1. The quantitative estimate of drug-likeness (QED) is 0.504. The monoisotopic (exact) mass is 448 g/mol. The fourth-order valence-electron chi connectivity index (χ4n) is 4.44. The molecule has 1 fully saturated rings. The lowest BCUT2D eigenvalue weighted by atomic mass is 10.0. The molecule has 0 amide bonds. The summed E-state index contributed by atoms with van der Waals surface area (Å²) in [6, 6.07) is 18.4. The third kappa shape index (κ3) is 5.10. The third-order valence-electron chi connectivity index (χ3n) is 6.42. The normalized spacial score (nSPS) is 15.7. The summed E-state index contributed by atoms with van der Waals surface area (Å²) in [5.74, 6) is 0.806. The summed E-state index contributed by atoms with van der Waals surface area (Å²) in [5, 5.41) is 3.29. The van der Waals surface area contributed by atoms with Gasteiger partial charge in [0.05, 0.1) is 13.2 Å². The Bertz CT molecular complexity index is 1110. The first-order chi connectivity index (χ1) is 16.0. The molecular formula is C26H32N4O3. The second kappa shape index (κ2) is 10.2. The first-order valence-corrected chi connectivity index (χ1v) is 11.4. The van der Waals surface area contributed by atoms with E-state index in [2.05, 4.69) is 44.3 Å². The van der Waals surface area contributed by atoms with Crippen molar-refractivity contribution in [3.05, 3.63) is 86.2 Å². The lowest BCUT2D eigenvalue weighted by Crippen LogP contribution is -2.51. The first-order valence-electron chi connectivity index (χ1n) is 11.4. The first kappa shape index (κ1) is 23.0. The Labute approximate surface area is 194 Å². The van der Waals surface area contributed by atoms with Crippen LogP contribution in [0.15, 0.2) is 64.2 Å². The molecule has 7 nitrogen and oxygen atoms in total. The molecule has 0 bridgehead atoms. The third-order valence-corrected chi connectivity index (χ3v) is 6.42. The number of ether oxygens (including phenoxy) is 1. The summed E-state index contributed by atoms with van der Waals surface area (Å²) in [7, 11) is 5.66. The van der Waals surface area contributed by atoms with Gasteiger partial charge in [-0.25, -0.2) is 0 Å². The van der Waals surface area contributed by atoms with Gasteiger partial charge in [0.15, 0.2) is 0 Å². The molecule has 7 heteroatoms. The maximum absolute atomic E-state index is 12.4. The summed E-state index contributed by atoms with van der Waals surface area (Å²) >= 11 is 0. The van der Waals surface area contributed by atoms with Crippen LogP contribution in [0, 0.1) is 0 Å². The fraction of sp³-hybridized carbons (Fsp3) is 0.385. The molecule has 3 aromatic rings. The van der Waals surface area contributed by atoms with E-state index in [9.17, 15) is 9.59 Å². The second-order valence-electron chi connectivity index (χ2n) is 8.76. The topological polar surface area (TPSA) is 65.1 Å². The van der Waals surface area contributed by atoms with Crippen molar-refractivity contribution in [1.82, 2.24) is 9.80 Å². The molecule has 1 N–H and O–H groups in total. The van der Waals surface area contributed by atoms with E-state index in [0.29, 0.717) is 17.9 Å². The van der Waals surface area contributed by atoms with Gasteiger partial charge in [0.2, 0.25) is 0 Å². The van der Waals surface area contributed by atoms with E-state index in [4.69, 9.17) is 4.74 Å². The number of benzene rings is 2. The smallest absolute Gasteiger partial charge is 0.253 e. The minimum absolute atomic E-state index is 0.0517. The molecular weight excluding hydrogens is 416 g/mol. The zero-order valence-corrected chi connectivity index (χ0v) is 19.6. The zero-order chi connectivity index (χ0) is 23.4. The van der Waals surface area contributed by atoms with Crippen molar-refractivity contribution in [3.8, 4) is 5.75 Å². The SMILES string of the molecule is COc1ccc([C@H](CNc2c(N3CCN(Cc4ccccc4)CC3)c(=O)c2=O)N(C)C)cc1. The Morgan fingerprint density at radius 2 is 1.61 bits per heavy atom. The molecule has 174 valence electrons. The summed E-state index contributed by atoms with van der Waals surface area (Å²) < 4.78 is 5.25. The van der Waals surface area contributed by atoms with Crippen molar-refractivity contribution in [3.63, 3.8) is 0 Å². The summed E-state index contributed by atoms with van der Waals surface area (Å²) in [6.07, 6.45) is 0. The molecule has 1 saturated heterocycles. The van der Waals surface area contributed by atoms with E-state index in [1.165, 1.54) is 5.56 Å². The van der Waals surface area contributed by atoms with Crippen LogP contribution in [-0.2, 0) is 6.54 Å². The maximum Gasteiger partial charge on any atom is 0.253 e. The predicted molar refractivity (Wildman–Crippen MR) is 133 cm³/mol. The van der Waals surface area contributed by atoms with Gasteiger partial charge in [-0.05, 0) is 37.4 Å². The van der Waals surface area contributed by atoms with Crippen LogP contribution in [0.2, 0.25) is 0 Å². The zero-order valence-electron chi connectivity index (χ0n) is 19.6. The Morgan fingerprint density at radius 1 is 0.939 bits per heavy atom. The number of nitrogens with zero attached hydrogens (tertiary/aromatic N) is 3. The van der Waals surface area contributed by atoms with Gasteiger partial charge in [0.25, 0.3) is 10.9 Å². The molecule has 1 heterocycles. The van der Waals surface area contributed by atoms with Gasteiger partial charge in [-0.1, -0.05) is 42.5 Å². The van der Waals surface area contributed by atoms with Crippen molar-refractivity contribution >= 4 is 11.4 Å². The van der Waals surface area contributed by atoms with Crippen LogP contribution in [-0.4, -0.2) is 63.7 Å². The minimum Gasteiger partial charge on any atom is -0.497 e. The average Bonchev–Trinajstić information content (AvgIpc) is 2.84. The van der Waals surface area contributed by atoms with Crippen LogP contribution in [0.25, 0.3) is 0 Å². The van der Waals surface area contributed by atoms with Gasteiger partial charge < -0.3 is 19.9 Å². The van der Waals surface area contributed by atoms with Crippen molar-refractivity contribution in [2.24, 2.45) is 0 Å². The van der Waals surface area contributed by atoms with Crippen molar-refractivity contribution in [2.45, 2.75) is 12.6 Å². The summed E-state index contributed by atoms with van der Waals surface area (Å²) in [4.78, 5) is 31.4. The average molecular weight is 449 g/mol. The van der Waals surface area contributed by atoms with Crippen LogP contribution in [0.4, 0.5) is 11.4 Å². The van der Waals surface area contributed by atoms with Gasteiger partial charge in [0.1, 0.15) is 17.1 Å². The molecule has 33 heavy (non-hydrogen) atoms. The molecule has 4 rings (SSSR count). The van der Waals surface area contributed by atoms with E-state index in [-0.39, 0.29) is 11.5 Å². The number of hydrogen-bond donors (Lipinski definition) is 1. The number of methoxy groups -OCH3 is 1. The second-order valence-corrected chi connectivity index (χ2v) is 8.76. The Hall–Kier alpha value is -3.16. The molecule has 3 aromatic carbocycles. The van der Waals surface area contributed by atoms with Crippen LogP contribution in [0.5, 0.6) is 5.75 Å². The fourth-order valence-corrected chi connectivity index (χ4v) is 4.44. The van der Waals surface area contributed by atoms with E-state index in [1.807, 2.05) is 44.4 Å². The van der Waals surface area contributed by atoms with Crippen molar-refractivity contribution in [1.29, 1.82) is 0 Å². The highest BCUT2D eigenvalue weighted by molar-refractivity contribution is 5.75. The van der Waals surface area contributed by atoms with Gasteiger partial charge in [-0.2, -0.15) is 0 Å². The Balaban J connectivity index is 1.39. The van der Waals surface area contributed by atoms with Crippen LogP contribution in [0.1, 0.15) is 17.2 Å². The van der Waals surface area contributed by atoms with Crippen LogP contribution in [0.3, 0.4) is 0 Å². The van der Waals surface area contributed by atoms with E-state index in [1.54, 1.807) is 7.11 Å². The van der Waals surface area contributed by atoms with E-state index in [0.717, 1.165) is 44.0 Å². The molecule has 0 saturated carbocycles. The van der Waals surface area contributed by atoms with E-state index >= 15 is 0 Å². The Morgan fingerprint density at radius 3 is 2.21 bits per heavy atom. The highest BCUT2D eigenvalue weighted by atomic mass is 16.5. The molecule has 1 aliphatic rings. The van der Waals surface area contributed by atoms with Gasteiger partial charge in [-0.3, -0.25) is 14.5 Å². The Kier molecular flexibility index (Phi) is 7.11.